The molecular formula is C14H11N3O2. The maximum Gasteiger partial charge on any atom is 0.272 e. The molecule has 0 unspecified atom stereocenters. The van der Waals surface area contributed by atoms with Crippen molar-refractivity contribution >= 4 is 16.6 Å². The van der Waals surface area contributed by atoms with E-state index < -0.39 is 0 Å². The van der Waals surface area contributed by atoms with Crippen LogP contribution in [0.15, 0.2) is 42.6 Å². The fourth-order valence-electron chi connectivity index (χ4n) is 2.16. The van der Waals surface area contributed by atoms with Gasteiger partial charge >= 0.3 is 0 Å². The quantitative estimate of drug-likeness (QED) is 0.561. The molecule has 1 heterocycles. The van der Waals surface area contributed by atoms with E-state index in [2.05, 4.69) is 10.2 Å². The number of aromatic nitrogens is 2. The summed E-state index contributed by atoms with van der Waals surface area (Å²) < 4.78 is 0. The third-order valence-corrected chi connectivity index (χ3v) is 3.17. The first kappa shape index (κ1) is 11.4. The van der Waals surface area contributed by atoms with E-state index in [1.807, 2.05) is 24.3 Å². The van der Waals surface area contributed by atoms with Gasteiger partial charge in [-0.2, -0.15) is 5.10 Å². The van der Waals surface area contributed by atoms with E-state index >= 15 is 0 Å². The number of aromatic amines is 1. The molecule has 0 aliphatic carbocycles. The van der Waals surface area contributed by atoms with E-state index in [1.165, 1.54) is 0 Å². The number of nitrogens with zero attached hydrogens (tertiary/aromatic N) is 2. The van der Waals surface area contributed by atoms with E-state index in [9.17, 15) is 10.1 Å². The van der Waals surface area contributed by atoms with Crippen LogP contribution in [-0.4, -0.2) is 15.1 Å². The fraction of sp³-hybridized carbons (Fsp3) is 0.0714. The second kappa shape index (κ2) is 4.20. The number of fused-ring (bicyclic) bond motifs is 1. The highest BCUT2D eigenvalue weighted by Crippen LogP contribution is 2.27. The molecule has 1 N–H and O–H groups in total. The summed E-state index contributed by atoms with van der Waals surface area (Å²) in [5.74, 6) is 0. The summed E-state index contributed by atoms with van der Waals surface area (Å²) in [6.07, 6.45) is 1.76. The van der Waals surface area contributed by atoms with Gasteiger partial charge in [0.05, 0.1) is 16.6 Å². The molecule has 5 heteroatoms. The van der Waals surface area contributed by atoms with Gasteiger partial charge in [0.25, 0.3) is 5.69 Å². The highest BCUT2D eigenvalue weighted by atomic mass is 16.6. The number of hydrogen-bond donors (Lipinski definition) is 1. The molecule has 0 aliphatic heterocycles. The molecular weight excluding hydrogens is 242 g/mol. The molecule has 0 amide bonds. The Hall–Kier alpha value is -2.69. The number of nitro benzene ring substituents is 1. The van der Waals surface area contributed by atoms with Crippen molar-refractivity contribution in [3.8, 4) is 11.1 Å². The SMILES string of the molecule is Cc1cc(-c2ccc3cn[nH]c3c2)ccc1[N+](=O)[O-]. The van der Waals surface area contributed by atoms with Crippen molar-refractivity contribution in [3.63, 3.8) is 0 Å². The molecule has 0 saturated carbocycles. The van der Waals surface area contributed by atoms with Crippen LogP contribution in [0.2, 0.25) is 0 Å². The van der Waals surface area contributed by atoms with Crippen LogP contribution in [-0.2, 0) is 0 Å². The van der Waals surface area contributed by atoms with Gasteiger partial charge in [-0.15, -0.1) is 0 Å². The molecule has 0 saturated heterocycles. The molecule has 0 bridgehead atoms. The molecule has 3 aromatic rings. The molecule has 0 aliphatic rings. The molecule has 0 radical (unpaired) electrons. The Morgan fingerprint density at radius 3 is 2.63 bits per heavy atom. The summed E-state index contributed by atoms with van der Waals surface area (Å²) >= 11 is 0. The molecule has 3 rings (SSSR count). The van der Waals surface area contributed by atoms with Crippen LogP contribution >= 0.6 is 0 Å². The molecule has 1 aromatic heterocycles. The summed E-state index contributed by atoms with van der Waals surface area (Å²) in [6, 6.07) is 11.1. The maximum absolute atomic E-state index is 10.8. The highest BCUT2D eigenvalue weighted by Gasteiger charge is 2.11. The molecule has 94 valence electrons. The van der Waals surface area contributed by atoms with E-state index in [4.69, 9.17) is 0 Å². The highest BCUT2D eigenvalue weighted by molar-refractivity contribution is 5.84. The Morgan fingerprint density at radius 1 is 1.16 bits per heavy atom. The fourth-order valence-corrected chi connectivity index (χ4v) is 2.16. The lowest BCUT2D eigenvalue weighted by Gasteiger charge is -2.04. The second-order valence-electron chi connectivity index (χ2n) is 4.43. The topological polar surface area (TPSA) is 71.8 Å². The Bertz CT molecular complexity index is 777. The van der Waals surface area contributed by atoms with Gasteiger partial charge in [-0.1, -0.05) is 12.1 Å². The summed E-state index contributed by atoms with van der Waals surface area (Å²) in [4.78, 5) is 10.4. The van der Waals surface area contributed by atoms with Gasteiger partial charge in [0, 0.05) is 17.0 Å². The van der Waals surface area contributed by atoms with Crippen molar-refractivity contribution in [2.45, 2.75) is 6.92 Å². The third-order valence-electron chi connectivity index (χ3n) is 3.17. The molecule has 0 spiro atoms. The van der Waals surface area contributed by atoms with Crippen LogP contribution in [0.5, 0.6) is 0 Å². The van der Waals surface area contributed by atoms with Crippen molar-refractivity contribution in [1.82, 2.24) is 10.2 Å². The largest absolute Gasteiger partial charge is 0.278 e. The van der Waals surface area contributed by atoms with E-state index in [-0.39, 0.29) is 10.6 Å². The number of aryl methyl sites for hydroxylation is 1. The number of nitro groups is 1. The number of hydrogen-bond acceptors (Lipinski definition) is 3. The van der Waals surface area contributed by atoms with Crippen molar-refractivity contribution in [1.29, 1.82) is 0 Å². The molecule has 19 heavy (non-hydrogen) atoms. The van der Waals surface area contributed by atoms with E-state index in [0.717, 1.165) is 22.0 Å². The Labute approximate surface area is 109 Å². The standard InChI is InChI=1S/C14H11N3O2/c1-9-6-10(4-5-14(9)17(18)19)11-2-3-12-8-15-16-13(12)7-11/h2-8H,1H3,(H,15,16). The minimum atomic E-state index is -0.364. The first-order valence-electron chi connectivity index (χ1n) is 5.84. The molecule has 0 atom stereocenters. The average molecular weight is 253 g/mol. The zero-order valence-electron chi connectivity index (χ0n) is 10.3. The molecule has 5 nitrogen and oxygen atoms in total. The summed E-state index contributed by atoms with van der Waals surface area (Å²) in [7, 11) is 0. The lowest BCUT2D eigenvalue weighted by Crippen LogP contribution is -1.91. The van der Waals surface area contributed by atoms with Gasteiger partial charge in [0.15, 0.2) is 0 Å². The van der Waals surface area contributed by atoms with Gasteiger partial charge in [-0.3, -0.25) is 15.2 Å². The van der Waals surface area contributed by atoms with Gasteiger partial charge in [0.1, 0.15) is 0 Å². The van der Waals surface area contributed by atoms with Gasteiger partial charge < -0.3 is 0 Å². The summed E-state index contributed by atoms with van der Waals surface area (Å²) in [6.45, 7) is 1.75. The van der Waals surface area contributed by atoms with Gasteiger partial charge in [0.2, 0.25) is 0 Å². The second-order valence-corrected chi connectivity index (χ2v) is 4.43. The van der Waals surface area contributed by atoms with Crippen LogP contribution in [0.3, 0.4) is 0 Å². The van der Waals surface area contributed by atoms with E-state index in [1.54, 1.807) is 25.3 Å². The Balaban J connectivity index is 2.10. The summed E-state index contributed by atoms with van der Waals surface area (Å²) in [5.41, 5.74) is 3.72. The van der Waals surface area contributed by atoms with Crippen LogP contribution in [0, 0.1) is 17.0 Å². The van der Waals surface area contributed by atoms with Crippen molar-refractivity contribution in [2.75, 3.05) is 0 Å². The average Bonchev–Trinajstić information content (AvgIpc) is 2.85. The van der Waals surface area contributed by atoms with Crippen LogP contribution in [0.1, 0.15) is 5.56 Å². The number of rotatable bonds is 2. The first-order valence-corrected chi connectivity index (χ1v) is 5.84. The zero-order chi connectivity index (χ0) is 13.4. The van der Waals surface area contributed by atoms with E-state index in [0.29, 0.717) is 5.56 Å². The minimum Gasteiger partial charge on any atom is -0.278 e. The lowest BCUT2D eigenvalue weighted by molar-refractivity contribution is -0.385. The number of H-pyrrole nitrogens is 1. The predicted molar refractivity (Wildman–Crippen MR) is 72.9 cm³/mol. The van der Waals surface area contributed by atoms with Crippen LogP contribution < -0.4 is 0 Å². The first-order chi connectivity index (χ1) is 9.15. The lowest BCUT2D eigenvalue weighted by atomic mass is 10.0. The monoisotopic (exact) mass is 253 g/mol. The molecule has 2 aromatic carbocycles. The number of nitrogens with one attached hydrogen (secondary N) is 1. The smallest absolute Gasteiger partial charge is 0.272 e. The Morgan fingerprint density at radius 2 is 1.89 bits per heavy atom. The van der Waals surface area contributed by atoms with Crippen LogP contribution in [0.4, 0.5) is 5.69 Å². The Kier molecular flexibility index (Phi) is 2.52. The van der Waals surface area contributed by atoms with Gasteiger partial charge in [-0.05, 0) is 36.2 Å². The summed E-state index contributed by atoms with van der Waals surface area (Å²) in [5, 5.41) is 18.7. The maximum atomic E-state index is 10.8. The van der Waals surface area contributed by atoms with Gasteiger partial charge in [-0.25, -0.2) is 0 Å². The molecule has 0 fully saturated rings. The van der Waals surface area contributed by atoms with Crippen LogP contribution in [0.25, 0.3) is 22.0 Å². The van der Waals surface area contributed by atoms with Crippen molar-refractivity contribution in [2.24, 2.45) is 0 Å². The third kappa shape index (κ3) is 1.95. The van der Waals surface area contributed by atoms with Crippen molar-refractivity contribution in [3.05, 3.63) is 58.3 Å². The minimum absolute atomic E-state index is 0.145. The normalized spacial score (nSPS) is 10.8. The number of benzene rings is 2. The van der Waals surface area contributed by atoms with Crippen molar-refractivity contribution < 1.29 is 4.92 Å². The zero-order valence-corrected chi connectivity index (χ0v) is 10.3. The predicted octanol–water partition coefficient (Wildman–Crippen LogP) is 3.45.